The molecule has 1 unspecified atom stereocenters. The highest BCUT2D eigenvalue weighted by molar-refractivity contribution is 5.40. The molecule has 17 heavy (non-hydrogen) atoms. The van der Waals surface area contributed by atoms with E-state index in [1.54, 1.807) is 13.1 Å². The minimum absolute atomic E-state index is 0.0765. The van der Waals surface area contributed by atoms with Gasteiger partial charge in [0.05, 0.1) is 19.8 Å². The summed E-state index contributed by atoms with van der Waals surface area (Å²) < 4.78 is 23.6. The topological polar surface area (TPSA) is 50.7 Å². The Morgan fingerprint density at radius 2 is 2.12 bits per heavy atom. The Balaban J connectivity index is 3.13. The van der Waals surface area contributed by atoms with E-state index < -0.39 is 11.9 Å². The molecule has 0 fully saturated rings. The van der Waals surface area contributed by atoms with E-state index in [2.05, 4.69) is 5.32 Å². The van der Waals surface area contributed by atoms with Crippen molar-refractivity contribution in [2.45, 2.75) is 12.7 Å². The number of ether oxygens (including phenoxy) is 2. The van der Waals surface area contributed by atoms with Gasteiger partial charge in [-0.3, -0.25) is 0 Å². The van der Waals surface area contributed by atoms with Crippen molar-refractivity contribution in [3.63, 3.8) is 0 Å². The summed E-state index contributed by atoms with van der Waals surface area (Å²) in [5.41, 5.74) is 1.09. The fraction of sp³-hybridized carbons (Fsp3) is 0.500. The third kappa shape index (κ3) is 3.39. The van der Waals surface area contributed by atoms with E-state index in [0.717, 1.165) is 0 Å². The molecule has 0 aliphatic heterocycles. The first kappa shape index (κ1) is 13.9. The van der Waals surface area contributed by atoms with E-state index in [-0.39, 0.29) is 5.75 Å². The summed E-state index contributed by atoms with van der Waals surface area (Å²) in [5, 5.41) is 12.7. The summed E-state index contributed by atoms with van der Waals surface area (Å²) >= 11 is 0. The lowest BCUT2D eigenvalue weighted by atomic mass is 10.0. The molecule has 0 bridgehead atoms. The summed E-state index contributed by atoms with van der Waals surface area (Å²) in [6.07, 6.45) is -0.818. The minimum atomic E-state index is -0.818. The second-order valence-corrected chi connectivity index (χ2v) is 3.71. The maximum Gasteiger partial charge on any atom is 0.165 e. The van der Waals surface area contributed by atoms with E-state index in [1.807, 2.05) is 0 Å². The molecule has 2 N–H and O–H groups in total. The largest absolute Gasteiger partial charge is 0.493 e. The van der Waals surface area contributed by atoms with E-state index in [4.69, 9.17) is 9.47 Å². The molecule has 0 saturated heterocycles. The van der Waals surface area contributed by atoms with Crippen LogP contribution in [-0.2, 0) is 11.3 Å². The first-order chi connectivity index (χ1) is 8.13. The Morgan fingerprint density at radius 3 is 2.65 bits per heavy atom. The number of aliphatic hydroxyl groups is 1. The average Bonchev–Trinajstić information content (AvgIpc) is 2.29. The van der Waals surface area contributed by atoms with E-state index in [1.165, 1.54) is 20.3 Å². The molecular weight excluding hydrogens is 225 g/mol. The number of hydrogen-bond acceptors (Lipinski definition) is 4. The number of hydrogen-bond donors (Lipinski definition) is 2. The van der Waals surface area contributed by atoms with Crippen LogP contribution in [0, 0.1) is 5.82 Å². The Hall–Kier alpha value is -1.17. The Labute approximate surface area is 100 Å². The number of nitrogens with one attached hydrogen (secondary N) is 1. The van der Waals surface area contributed by atoms with Gasteiger partial charge in [-0.15, -0.1) is 0 Å². The number of aliphatic hydroxyl groups excluding tert-OH is 1. The summed E-state index contributed by atoms with van der Waals surface area (Å²) in [6.45, 7) is 0.617. The van der Waals surface area contributed by atoms with Gasteiger partial charge in [-0.1, -0.05) is 0 Å². The molecule has 0 aliphatic carbocycles. The van der Waals surface area contributed by atoms with Crippen molar-refractivity contribution in [2.75, 3.05) is 27.8 Å². The van der Waals surface area contributed by atoms with Gasteiger partial charge in [-0.25, -0.2) is 4.39 Å². The molecule has 0 amide bonds. The standard InChI is InChI=1S/C12H18FNO3/c1-14-6-11(15)9-4-8(7-16-2)5-10(13)12(9)17-3/h4-5,11,14-15H,6-7H2,1-3H3. The zero-order valence-electron chi connectivity index (χ0n) is 10.3. The summed E-state index contributed by atoms with van der Waals surface area (Å²) in [7, 11) is 4.63. The number of likely N-dealkylation sites (N-methyl/N-ethyl adjacent to an activating group) is 1. The quantitative estimate of drug-likeness (QED) is 0.789. The van der Waals surface area contributed by atoms with Crippen molar-refractivity contribution < 1.29 is 19.0 Å². The fourth-order valence-corrected chi connectivity index (χ4v) is 1.69. The average molecular weight is 243 g/mol. The first-order valence-electron chi connectivity index (χ1n) is 5.32. The maximum atomic E-state index is 13.7. The summed E-state index contributed by atoms with van der Waals surface area (Å²) in [6, 6.07) is 3.03. The predicted molar refractivity (Wildman–Crippen MR) is 62.6 cm³/mol. The molecule has 1 aromatic rings. The molecule has 96 valence electrons. The lowest BCUT2D eigenvalue weighted by Crippen LogP contribution is -2.18. The molecule has 5 heteroatoms. The molecule has 0 heterocycles. The van der Waals surface area contributed by atoms with Crippen LogP contribution in [0.2, 0.25) is 0 Å². The second kappa shape index (κ2) is 6.54. The van der Waals surface area contributed by atoms with Gasteiger partial charge in [0.15, 0.2) is 11.6 Å². The van der Waals surface area contributed by atoms with E-state index in [9.17, 15) is 9.50 Å². The molecule has 1 rings (SSSR count). The van der Waals surface area contributed by atoms with Crippen LogP contribution in [0.3, 0.4) is 0 Å². The van der Waals surface area contributed by atoms with E-state index >= 15 is 0 Å². The zero-order valence-corrected chi connectivity index (χ0v) is 10.3. The molecular formula is C12H18FNO3. The van der Waals surface area contributed by atoms with Gasteiger partial charge >= 0.3 is 0 Å². The lowest BCUT2D eigenvalue weighted by molar-refractivity contribution is 0.169. The Morgan fingerprint density at radius 1 is 1.41 bits per heavy atom. The Bertz CT molecular complexity index is 371. The van der Waals surface area contributed by atoms with E-state index in [0.29, 0.717) is 24.3 Å². The van der Waals surface area contributed by atoms with Gasteiger partial charge < -0.3 is 19.9 Å². The van der Waals surface area contributed by atoms with Crippen LogP contribution in [0.1, 0.15) is 17.2 Å². The van der Waals surface area contributed by atoms with Crippen molar-refractivity contribution in [1.29, 1.82) is 0 Å². The zero-order chi connectivity index (χ0) is 12.8. The third-order valence-corrected chi connectivity index (χ3v) is 2.40. The highest BCUT2D eigenvalue weighted by atomic mass is 19.1. The van der Waals surface area contributed by atoms with Crippen LogP contribution in [0.25, 0.3) is 0 Å². The molecule has 0 radical (unpaired) electrons. The lowest BCUT2D eigenvalue weighted by Gasteiger charge is -2.16. The van der Waals surface area contributed by atoms with Crippen LogP contribution in [0.15, 0.2) is 12.1 Å². The van der Waals surface area contributed by atoms with Crippen molar-refractivity contribution in [3.8, 4) is 5.75 Å². The number of rotatable bonds is 6. The first-order valence-corrected chi connectivity index (χ1v) is 5.32. The SMILES string of the molecule is CNCC(O)c1cc(COC)cc(F)c1OC. The fourth-order valence-electron chi connectivity index (χ4n) is 1.69. The number of halogens is 1. The smallest absolute Gasteiger partial charge is 0.165 e. The van der Waals surface area contributed by atoms with Crippen LogP contribution in [0.5, 0.6) is 5.75 Å². The van der Waals surface area contributed by atoms with Crippen LogP contribution in [-0.4, -0.2) is 32.9 Å². The summed E-state index contributed by atoms with van der Waals surface area (Å²) in [5.74, 6) is -0.417. The molecule has 4 nitrogen and oxygen atoms in total. The van der Waals surface area contributed by atoms with Gasteiger partial charge in [0.1, 0.15) is 0 Å². The predicted octanol–water partition coefficient (Wildman–Crippen LogP) is 1.23. The van der Waals surface area contributed by atoms with Crippen LogP contribution < -0.4 is 10.1 Å². The van der Waals surface area contributed by atoms with Gasteiger partial charge in [0, 0.05) is 19.2 Å². The normalized spacial score (nSPS) is 12.5. The van der Waals surface area contributed by atoms with Crippen LogP contribution in [0.4, 0.5) is 4.39 Å². The molecule has 0 aromatic heterocycles. The number of benzene rings is 1. The van der Waals surface area contributed by atoms with Crippen molar-refractivity contribution >= 4 is 0 Å². The minimum Gasteiger partial charge on any atom is -0.493 e. The highest BCUT2D eigenvalue weighted by Gasteiger charge is 2.17. The molecule has 0 aliphatic rings. The van der Waals surface area contributed by atoms with Crippen LogP contribution >= 0.6 is 0 Å². The Kier molecular flexibility index (Phi) is 5.34. The van der Waals surface area contributed by atoms with Crippen molar-refractivity contribution in [2.24, 2.45) is 0 Å². The maximum absolute atomic E-state index is 13.7. The molecule has 0 saturated carbocycles. The van der Waals surface area contributed by atoms with Gasteiger partial charge in [0.2, 0.25) is 0 Å². The highest BCUT2D eigenvalue weighted by Crippen LogP contribution is 2.29. The number of methoxy groups -OCH3 is 2. The molecule has 1 atom stereocenters. The van der Waals surface area contributed by atoms with Gasteiger partial charge in [0.25, 0.3) is 0 Å². The van der Waals surface area contributed by atoms with Crippen molar-refractivity contribution in [3.05, 3.63) is 29.1 Å². The second-order valence-electron chi connectivity index (χ2n) is 3.71. The molecule has 1 aromatic carbocycles. The van der Waals surface area contributed by atoms with Gasteiger partial charge in [-0.2, -0.15) is 0 Å². The third-order valence-electron chi connectivity index (χ3n) is 2.40. The van der Waals surface area contributed by atoms with Crippen molar-refractivity contribution in [1.82, 2.24) is 5.32 Å². The monoisotopic (exact) mass is 243 g/mol. The summed E-state index contributed by atoms with van der Waals surface area (Å²) in [4.78, 5) is 0. The van der Waals surface area contributed by atoms with Gasteiger partial charge in [-0.05, 0) is 24.7 Å². The molecule has 0 spiro atoms.